The highest BCUT2D eigenvalue weighted by molar-refractivity contribution is 7.99. The van der Waals surface area contributed by atoms with Crippen molar-refractivity contribution < 1.29 is 4.74 Å². The van der Waals surface area contributed by atoms with Crippen LogP contribution in [0.15, 0.2) is 29.3 Å². The maximum absolute atomic E-state index is 5.39. The molecule has 2 aromatic rings. The van der Waals surface area contributed by atoms with Crippen molar-refractivity contribution in [2.75, 3.05) is 12.9 Å². The van der Waals surface area contributed by atoms with Crippen LogP contribution in [0.5, 0.6) is 5.75 Å². The van der Waals surface area contributed by atoms with Crippen molar-refractivity contribution in [1.29, 1.82) is 0 Å². The van der Waals surface area contributed by atoms with Crippen molar-refractivity contribution in [1.82, 2.24) is 4.98 Å². The molecule has 1 aromatic carbocycles. The van der Waals surface area contributed by atoms with Gasteiger partial charge in [0.05, 0.1) is 12.6 Å². The van der Waals surface area contributed by atoms with Gasteiger partial charge in [0.15, 0.2) is 0 Å². The van der Waals surface area contributed by atoms with Gasteiger partial charge in [-0.2, -0.15) is 0 Å². The number of methoxy groups -OCH3 is 1. The Hall–Kier alpha value is -1.22. The van der Waals surface area contributed by atoms with Crippen molar-refractivity contribution >= 4 is 22.7 Å². The molecule has 3 rings (SSSR count). The molecular formula is C18H23NOS. The summed E-state index contributed by atoms with van der Waals surface area (Å²) >= 11 is 1.96. The maximum atomic E-state index is 5.39. The molecular weight excluding hydrogens is 278 g/mol. The first-order valence-electron chi connectivity index (χ1n) is 7.55. The summed E-state index contributed by atoms with van der Waals surface area (Å²) in [4.78, 5) is 5.94. The van der Waals surface area contributed by atoms with E-state index in [1.807, 2.05) is 24.0 Å². The van der Waals surface area contributed by atoms with Crippen LogP contribution in [-0.4, -0.2) is 17.8 Å². The zero-order valence-electron chi connectivity index (χ0n) is 13.3. The summed E-state index contributed by atoms with van der Waals surface area (Å²) in [6, 6.07) is 6.19. The van der Waals surface area contributed by atoms with Crippen LogP contribution < -0.4 is 4.74 Å². The molecule has 0 saturated heterocycles. The lowest BCUT2D eigenvalue weighted by Gasteiger charge is -2.30. The van der Waals surface area contributed by atoms with E-state index in [0.717, 1.165) is 23.6 Å². The number of fused-ring (bicyclic) bond motifs is 3. The van der Waals surface area contributed by atoms with E-state index in [9.17, 15) is 0 Å². The van der Waals surface area contributed by atoms with Crippen LogP contribution in [0.3, 0.4) is 0 Å². The molecule has 0 aliphatic carbocycles. The second-order valence-electron chi connectivity index (χ2n) is 7.13. The molecule has 112 valence electrons. The van der Waals surface area contributed by atoms with E-state index in [2.05, 4.69) is 37.9 Å². The predicted molar refractivity (Wildman–Crippen MR) is 90.3 cm³/mol. The van der Waals surface area contributed by atoms with Gasteiger partial charge in [-0.25, -0.2) is 0 Å². The third-order valence-corrected chi connectivity index (χ3v) is 5.32. The molecule has 21 heavy (non-hydrogen) atoms. The van der Waals surface area contributed by atoms with Gasteiger partial charge < -0.3 is 4.74 Å². The van der Waals surface area contributed by atoms with Gasteiger partial charge in [-0.05, 0) is 47.9 Å². The van der Waals surface area contributed by atoms with E-state index in [1.165, 1.54) is 28.0 Å². The fourth-order valence-corrected chi connectivity index (χ4v) is 4.37. The van der Waals surface area contributed by atoms with Crippen LogP contribution in [-0.2, 0) is 6.42 Å². The minimum atomic E-state index is 0.392. The minimum Gasteiger partial charge on any atom is -0.497 e. The first-order valence-corrected chi connectivity index (χ1v) is 8.53. The van der Waals surface area contributed by atoms with Crippen LogP contribution in [0.4, 0.5) is 0 Å². The summed E-state index contributed by atoms with van der Waals surface area (Å²) in [5, 5.41) is 1.26. The predicted octanol–water partition coefficient (Wildman–Crippen LogP) is 4.94. The van der Waals surface area contributed by atoms with Crippen molar-refractivity contribution in [2.24, 2.45) is 11.3 Å². The van der Waals surface area contributed by atoms with Crippen LogP contribution in [0.1, 0.15) is 32.8 Å². The van der Waals surface area contributed by atoms with Crippen molar-refractivity contribution in [2.45, 2.75) is 38.5 Å². The van der Waals surface area contributed by atoms with Crippen molar-refractivity contribution in [3.05, 3.63) is 30.0 Å². The molecule has 1 atom stereocenters. The van der Waals surface area contributed by atoms with Crippen LogP contribution in [0.25, 0.3) is 10.9 Å². The topological polar surface area (TPSA) is 22.1 Å². The molecule has 1 unspecified atom stereocenters. The highest BCUT2D eigenvalue weighted by atomic mass is 32.2. The molecule has 0 fully saturated rings. The summed E-state index contributed by atoms with van der Waals surface area (Å²) in [6.07, 6.45) is 4.47. The second kappa shape index (κ2) is 5.53. The first kappa shape index (κ1) is 14.7. The Balaban J connectivity index is 2.00. The lowest BCUT2D eigenvalue weighted by atomic mass is 9.82. The van der Waals surface area contributed by atoms with Crippen LogP contribution in [0, 0.1) is 11.3 Å². The number of aromatic nitrogens is 1. The lowest BCUT2D eigenvalue weighted by Crippen LogP contribution is -2.20. The average Bonchev–Trinajstić information content (AvgIpc) is 2.45. The van der Waals surface area contributed by atoms with E-state index in [4.69, 9.17) is 4.74 Å². The van der Waals surface area contributed by atoms with E-state index in [0.29, 0.717) is 5.41 Å². The molecule has 2 nitrogen and oxygen atoms in total. The molecule has 0 N–H and O–H groups in total. The number of rotatable bonds is 2. The molecule has 3 heteroatoms. The third-order valence-electron chi connectivity index (χ3n) is 4.02. The van der Waals surface area contributed by atoms with Gasteiger partial charge in [0.25, 0.3) is 0 Å². The summed E-state index contributed by atoms with van der Waals surface area (Å²) < 4.78 is 5.39. The standard InChI is InChI=1S/C18H23NOS/c1-18(2,3)9-12-7-15-14-8-13(20-4)5-6-16(14)19-10-17(15)21-11-12/h5-6,8,10,12H,7,9,11H2,1-4H3. The van der Waals surface area contributed by atoms with E-state index >= 15 is 0 Å². The molecule has 1 aliphatic heterocycles. The smallest absolute Gasteiger partial charge is 0.119 e. The van der Waals surface area contributed by atoms with Gasteiger partial charge in [-0.1, -0.05) is 20.8 Å². The lowest BCUT2D eigenvalue weighted by molar-refractivity contribution is 0.307. The van der Waals surface area contributed by atoms with E-state index in [-0.39, 0.29) is 0 Å². The van der Waals surface area contributed by atoms with Gasteiger partial charge in [-0.15, -0.1) is 11.8 Å². The molecule has 0 spiro atoms. The number of thioether (sulfide) groups is 1. The molecule has 0 saturated carbocycles. The largest absolute Gasteiger partial charge is 0.497 e. The van der Waals surface area contributed by atoms with Crippen molar-refractivity contribution in [3.63, 3.8) is 0 Å². The molecule has 0 bridgehead atoms. The molecule has 1 aliphatic rings. The quantitative estimate of drug-likeness (QED) is 0.784. The van der Waals surface area contributed by atoms with Gasteiger partial charge in [0.1, 0.15) is 5.75 Å². The number of hydrogen-bond acceptors (Lipinski definition) is 3. The fourth-order valence-electron chi connectivity index (χ4n) is 3.22. The van der Waals surface area contributed by atoms with Gasteiger partial charge in [0.2, 0.25) is 0 Å². The Morgan fingerprint density at radius 2 is 2.14 bits per heavy atom. The molecule has 0 radical (unpaired) electrons. The van der Waals surface area contributed by atoms with Gasteiger partial charge in [-0.3, -0.25) is 4.98 Å². The highest BCUT2D eigenvalue weighted by Crippen LogP contribution is 2.40. The minimum absolute atomic E-state index is 0.392. The second-order valence-corrected chi connectivity index (χ2v) is 8.19. The molecule has 0 amide bonds. The maximum Gasteiger partial charge on any atom is 0.119 e. The Labute approximate surface area is 131 Å². The Bertz CT molecular complexity index is 655. The Kier molecular flexibility index (Phi) is 3.87. The summed E-state index contributed by atoms with van der Waals surface area (Å²) in [5.74, 6) is 2.88. The number of hydrogen-bond donors (Lipinski definition) is 0. The normalized spacial score (nSPS) is 18.6. The van der Waals surface area contributed by atoms with E-state index < -0.39 is 0 Å². The number of ether oxygens (including phenoxy) is 1. The summed E-state index contributed by atoms with van der Waals surface area (Å²) in [6.45, 7) is 7.00. The summed E-state index contributed by atoms with van der Waals surface area (Å²) in [5.41, 5.74) is 2.93. The average molecular weight is 301 g/mol. The molecule has 2 heterocycles. The number of benzene rings is 1. The molecule has 1 aromatic heterocycles. The van der Waals surface area contributed by atoms with Crippen molar-refractivity contribution in [3.8, 4) is 5.75 Å². The van der Waals surface area contributed by atoms with Gasteiger partial charge in [0, 0.05) is 22.2 Å². The van der Waals surface area contributed by atoms with Gasteiger partial charge >= 0.3 is 0 Å². The fraction of sp³-hybridized carbons (Fsp3) is 0.500. The van der Waals surface area contributed by atoms with Crippen LogP contribution >= 0.6 is 11.8 Å². The monoisotopic (exact) mass is 301 g/mol. The SMILES string of the molecule is COc1ccc2ncc3c(c2c1)CC(CC(C)(C)C)CS3. The Morgan fingerprint density at radius 1 is 1.33 bits per heavy atom. The highest BCUT2D eigenvalue weighted by Gasteiger charge is 2.25. The van der Waals surface area contributed by atoms with Crippen LogP contribution in [0.2, 0.25) is 0 Å². The third kappa shape index (κ3) is 3.18. The Morgan fingerprint density at radius 3 is 2.86 bits per heavy atom. The number of pyridine rings is 1. The zero-order valence-corrected chi connectivity index (χ0v) is 14.1. The van der Waals surface area contributed by atoms with E-state index in [1.54, 1.807) is 7.11 Å². The first-order chi connectivity index (χ1) is 9.96. The summed E-state index contributed by atoms with van der Waals surface area (Å²) in [7, 11) is 1.72. The zero-order chi connectivity index (χ0) is 15.0. The number of nitrogens with zero attached hydrogens (tertiary/aromatic N) is 1.